The van der Waals surface area contributed by atoms with Crippen LogP contribution in [0.2, 0.25) is 5.02 Å². The van der Waals surface area contributed by atoms with Crippen molar-refractivity contribution in [1.29, 1.82) is 0 Å². The highest BCUT2D eigenvalue weighted by Crippen LogP contribution is 2.39. The van der Waals surface area contributed by atoms with Gasteiger partial charge in [-0.25, -0.2) is 0 Å². The van der Waals surface area contributed by atoms with Gasteiger partial charge in [-0.3, -0.25) is 0 Å². The van der Waals surface area contributed by atoms with Gasteiger partial charge in [0.1, 0.15) is 0 Å². The van der Waals surface area contributed by atoms with Crippen molar-refractivity contribution in [3.8, 4) is 11.5 Å². The van der Waals surface area contributed by atoms with Gasteiger partial charge >= 0.3 is 0 Å². The van der Waals surface area contributed by atoms with Crippen molar-refractivity contribution in [1.82, 2.24) is 5.32 Å². The highest BCUT2D eigenvalue weighted by atomic mass is 35.5. The summed E-state index contributed by atoms with van der Waals surface area (Å²) in [5.74, 6) is 1.35. The van der Waals surface area contributed by atoms with Crippen LogP contribution in [0.3, 0.4) is 0 Å². The smallest absolute Gasteiger partial charge is 0.231 e. The lowest BCUT2D eigenvalue weighted by molar-refractivity contribution is 0.174. The Hall–Kier alpha value is -0.970. The van der Waals surface area contributed by atoms with Crippen molar-refractivity contribution < 1.29 is 14.6 Å². The Morgan fingerprint density at radius 3 is 2.90 bits per heavy atom. The quantitative estimate of drug-likeness (QED) is 0.813. The van der Waals surface area contributed by atoms with Gasteiger partial charge in [-0.1, -0.05) is 25.4 Å². The monoisotopic (exact) mass is 299 g/mol. The minimum absolute atomic E-state index is 0.170. The Kier molecular flexibility index (Phi) is 5.13. The molecule has 1 aromatic carbocycles. The van der Waals surface area contributed by atoms with Crippen molar-refractivity contribution in [3.63, 3.8) is 0 Å². The summed E-state index contributed by atoms with van der Waals surface area (Å²) >= 11 is 6.15. The predicted octanol–water partition coefficient (Wildman–Crippen LogP) is 2.96. The lowest BCUT2D eigenvalue weighted by Gasteiger charge is -2.24. The van der Waals surface area contributed by atoms with Crippen molar-refractivity contribution in [2.24, 2.45) is 5.41 Å². The zero-order valence-electron chi connectivity index (χ0n) is 12.0. The molecule has 1 aliphatic heterocycles. The van der Waals surface area contributed by atoms with Crippen molar-refractivity contribution in [2.45, 2.75) is 33.2 Å². The van der Waals surface area contributed by atoms with Crippen LogP contribution in [0, 0.1) is 5.41 Å². The maximum absolute atomic E-state index is 8.89. The molecule has 0 bridgehead atoms. The van der Waals surface area contributed by atoms with E-state index in [0.717, 1.165) is 31.5 Å². The molecule has 1 aliphatic rings. The number of benzene rings is 1. The first-order valence-electron chi connectivity index (χ1n) is 6.91. The Morgan fingerprint density at radius 2 is 2.15 bits per heavy atom. The first-order valence-corrected chi connectivity index (χ1v) is 7.29. The number of halogens is 1. The molecule has 0 saturated carbocycles. The highest BCUT2D eigenvalue weighted by molar-refractivity contribution is 6.32. The normalized spacial score (nSPS) is 13.8. The van der Waals surface area contributed by atoms with Crippen LogP contribution < -0.4 is 14.8 Å². The number of ether oxygens (including phenoxy) is 2. The molecule has 0 fully saturated rings. The third-order valence-electron chi connectivity index (χ3n) is 3.43. The van der Waals surface area contributed by atoms with Gasteiger partial charge in [-0.05, 0) is 36.0 Å². The molecule has 20 heavy (non-hydrogen) atoms. The second-order valence-electron chi connectivity index (χ2n) is 5.91. The van der Waals surface area contributed by atoms with Crippen molar-refractivity contribution >= 4 is 11.6 Å². The number of hydrogen-bond donors (Lipinski definition) is 2. The van der Waals surface area contributed by atoms with Crippen LogP contribution in [0.4, 0.5) is 0 Å². The average molecular weight is 300 g/mol. The molecule has 112 valence electrons. The predicted molar refractivity (Wildman–Crippen MR) is 79.4 cm³/mol. The minimum Gasteiger partial charge on any atom is -0.454 e. The van der Waals surface area contributed by atoms with Gasteiger partial charge in [0.2, 0.25) is 6.79 Å². The van der Waals surface area contributed by atoms with Crippen molar-refractivity contribution in [3.05, 3.63) is 22.7 Å². The van der Waals surface area contributed by atoms with Gasteiger partial charge < -0.3 is 19.9 Å². The van der Waals surface area contributed by atoms with E-state index in [1.54, 1.807) is 0 Å². The zero-order valence-corrected chi connectivity index (χ0v) is 12.8. The van der Waals surface area contributed by atoms with E-state index in [-0.39, 0.29) is 18.8 Å². The van der Waals surface area contributed by atoms with E-state index in [9.17, 15) is 0 Å². The molecule has 0 radical (unpaired) electrons. The Bertz CT molecular complexity index is 463. The number of fused-ring (bicyclic) bond motifs is 1. The van der Waals surface area contributed by atoms with E-state index in [1.807, 2.05) is 12.1 Å². The third kappa shape index (κ3) is 4.01. The fourth-order valence-electron chi connectivity index (χ4n) is 2.31. The topological polar surface area (TPSA) is 50.7 Å². The van der Waals surface area contributed by atoms with E-state index >= 15 is 0 Å². The van der Waals surface area contributed by atoms with Crippen LogP contribution in [0.5, 0.6) is 11.5 Å². The molecule has 1 heterocycles. The van der Waals surface area contributed by atoms with E-state index in [4.69, 9.17) is 26.2 Å². The standard InChI is InChI=1S/C15H22ClNO3/c1-15(2,4-3-5-18)9-17-8-11-6-12(16)14-13(7-11)19-10-20-14/h6-7,17-18H,3-5,8-10H2,1-2H3. The molecule has 0 atom stereocenters. The van der Waals surface area contributed by atoms with Gasteiger partial charge in [0.05, 0.1) is 5.02 Å². The molecular weight excluding hydrogens is 278 g/mol. The van der Waals surface area contributed by atoms with Gasteiger partial charge in [0.25, 0.3) is 0 Å². The number of hydrogen-bond acceptors (Lipinski definition) is 4. The van der Waals surface area contributed by atoms with Crippen LogP contribution >= 0.6 is 11.6 Å². The molecule has 5 heteroatoms. The van der Waals surface area contributed by atoms with Gasteiger partial charge in [-0.15, -0.1) is 0 Å². The summed E-state index contributed by atoms with van der Waals surface area (Å²) in [5, 5.41) is 12.9. The lowest BCUT2D eigenvalue weighted by atomic mass is 9.88. The lowest BCUT2D eigenvalue weighted by Crippen LogP contribution is -2.29. The molecule has 0 aromatic heterocycles. The second kappa shape index (κ2) is 6.66. The van der Waals surface area contributed by atoms with E-state index in [2.05, 4.69) is 19.2 Å². The van der Waals surface area contributed by atoms with Gasteiger partial charge in [0.15, 0.2) is 11.5 Å². The van der Waals surface area contributed by atoms with E-state index < -0.39 is 0 Å². The molecule has 4 nitrogen and oxygen atoms in total. The van der Waals surface area contributed by atoms with Crippen LogP contribution in [0.25, 0.3) is 0 Å². The number of rotatable bonds is 7. The minimum atomic E-state index is 0.170. The van der Waals surface area contributed by atoms with Crippen LogP contribution in [0.15, 0.2) is 12.1 Å². The summed E-state index contributed by atoms with van der Waals surface area (Å²) < 4.78 is 10.6. The molecule has 0 aliphatic carbocycles. The van der Waals surface area contributed by atoms with E-state index in [1.165, 1.54) is 0 Å². The third-order valence-corrected chi connectivity index (χ3v) is 3.71. The SMILES string of the molecule is CC(C)(CCCO)CNCc1cc(Cl)c2c(c1)OCO2. The fraction of sp³-hybridized carbons (Fsp3) is 0.600. The molecule has 2 N–H and O–H groups in total. The summed E-state index contributed by atoms with van der Waals surface area (Å²) in [6.45, 7) is 6.50. The highest BCUT2D eigenvalue weighted by Gasteiger charge is 2.19. The molecule has 0 unspecified atom stereocenters. The summed E-state index contributed by atoms with van der Waals surface area (Å²) in [4.78, 5) is 0. The largest absolute Gasteiger partial charge is 0.454 e. The number of aliphatic hydroxyl groups is 1. The summed E-state index contributed by atoms with van der Waals surface area (Å²) in [7, 11) is 0. The second-order valence-corrected chi connectivity index (χ2v) is 6.31. The summed E-state index contributed by atoms with van der Waals surface area (Å²) in [6, 6.07) is 3.87. The Morgan fingerprint density at radius 1 is 1.35 bits per heavy atom. The number of nitrogens with one attached hydrogen (secondary N) is 1. The van der Waals surface area contributed by atoms with Gasteiger partial charge in [0, 0.05) is 19.7 Å². The van der Waals surface area contributed by atoms with Crippen LogP contribution in [0.1, 0.15) is 32.3 Å². The first kappa shape index (κ1) is 15.4. The Balaban J connectivity index is 1.87. The van der Waals surface area contributed by atoms with Gasteiger partial charge in [-0.2, -0.15) is 0 Å². The average Bonchev–Trinajstić information content (AvgIpc) is 2.85. The first-order chi connectivity index (χ1) is 9.52. The molecule has 0 spiro atoms. The summed E-state index contributed by atoms with van der Waals surface area (Å²) in [6.07, 6.45) is 1.84. The number of aliphatic hydroxyl groups excluding tert-OH is 1. The molecular formula is C15H22ClNO3. The van der Waals surface area contributed by atoms with Crippen molar-refractivity contribution in [2.75, 3.05) is 19.9 Å². The summed E-state index contributed by atoms with van der Waals surface area (Å²) in [5.41, 5.74) is 1.25. The molecule has 0 saturated heterocycles. The molecule has 2 rings (SSSR count). The fourth-order valence-corrected chi connectivity index (χ4v) is 2.60. The van der Waals surface area contributed by atoms with Crippen LogP contribution in [-0.2, 0) is 6.54 Å². The zero-order chi connectivity index (χ0) is 14.6. The maximum atomic E-state index is 8.89. The maximum Gasteiger partial charge on any atom is 0.231 e. The Labute approximate surface area is 125 Å². The van der Waals surface area contributed by atoms with E-state index in [0.29, 0.717) is 16.5 Å². The molecule has 0 amide bonds. The van der Waals surface area contributed by atoms with Crippen LogP contribution in [-0.4, -0.2) is 25.1 Å². The molecule has 1 aromatic rings.